The summed E-state index contributed by atoms with van der Waals surface area (Å²) in [7, 11) is 0. The molecule has 2 aromatic heterocycles. The van der Waals surface area contributed by atoms with Gasteiger partial charge in [0, 0.05) is 45.0 Å². The average molecular weight is 699 g/mol. The molecule has 11 rings (SSSR count). The number of benzene rings is 7. The molecule has 258 valence electrons. The monoisotopic (exact) mass is 698 g/mol. The van der Waals surface area contributed by atoms with Crippen LogP contribution in [0.25, 0.3) is 72.0 Å². The van der Waals surface area contributed by atoms with E-state index in [0.29, 0.717) is 6.54 Å². The van der Waals surface area contributed by atoms with Gasteiger partial charge in [-0.3, -0.25) is 5.32 Å². The van der Waals surface area contributed by atoms with Crippen molar-refractivity contribution in [1.82, 2.24) is 10.6 Å². The van der Waals surface area contributed by atoms with Crippen molar-refractivity contribution in [2.45, 2.75) is 12.3 Å². The highest BCUT2D eigenvalue weighted by Crippen LogP contribution is 2.42. The van der Waals surface area contributed by atoms with Crippen molar-refractivity contribution in [2.75, 3.05) is 11.9 Å². The Labute approximate surface area is 311 Å². The number of fused-ring (bicyclic) bond motifs is 7. The molecule has 0 aliphatic carbocycles. The Bertz CT molecular complexity index is 2960. The number of hydrogen-bond acceptors (Lipinski definition) is 6. The summed E-state index contributed by atoms with van der Waals surface area (Å²) in [4.78, 5) is 5.45. The maximum absolute atomic E-state index is 6.72. The fourth-order valence-corrected chi connectivity index (χ4v) is 8.19. The molecule has 0 bridgehead atoms. The Morgan fingerprint density at radius 2 is 1.35 bits per heavy atom. The van der Waals surface area contributed by atoms with E-state index in [1.807, 2.05) is 24.3 Å². The maximum atomic E-state index is 6.72. The van der Waals surface area contributed by atoms with Crippen LogP contribution in [0.1, 0.15) is 34.6 Å². The normalized spacial score (nSPS) is 16.7. The molecule has 9 aromatic rings. The van der Waals surface area contributed by atoms with E-state index in [1.54, 1.807) is 0 Å². The third-order valence-electron chi connectivity index (χ3n) is 10.8. The first-order valence-electron chi connectivity index (χ1n) is 18.4. The van der Waals surface area contributed by atoms with Crippen LogP contribution in [0.3, 0.4) is 0 Å². The molecule has 2 unspecified atom stereocenters. The van der Waals surface area contributed by atoms with E-state index < -0.39 is 0 Å². The molecule has 0 spiro atoms. The smallest absolute Gasteiger partial charge is 0.201 e. The highest BCUT2D eigenvalue weighted by Gasteiger charge is 2.31. The molecule has 7 aromatic carbocycles. The number of nitrogens with zero attached hydrogens (tertiary/aromatic N) is 1. The fourth-order valence-electron chi connectivity index (χ4n) is 8.19. The summed E-state index contributed by atoms with van der Waals surface area (Å²) in [5.74, 6) is 1.56. The quantitative estimate of drug-likeness (QED) is 0.167. The zero-order valence-electron chi connectivity index (χ0n) is 29.2. The van der Waals surface area contributed by atoms with Crippen LogP contribution in [0.15, 0.2) is 172 Å². The van der Waals surface area contributed by atoms with Gasteiger partial charge in [0.05, 0.1) is 0 Å². The van der Waals surface area contributed by atoms with Crippen molar-refractivity contribution in [3.05, 3.63) is 180 Å². The molecular weight excluding hydrogens is 665 g/mol. The molecule has 54 heavy (non-hydrogen) atoms. The second kappa shape index (κ2) is 12.4. The predicted octanol–water partition coefficient (Wildman–Crippen LogP) is 11.6. The lowest BCUT2D eigenvalue weighted by Crippen LogP contribution is -2.45. The van der Waals surface area contributed by atoms with Gasteiger partial charge >= 0.3 is 0 Å². The number of hydrogen-bond donors (Lipinski definition) is 3. The fraction of sp³-hybridized carbons (Fsp3) is 0.0625. The van der Waals surface area contributed by atoms with Gasteiger partial charge in [0.2, 0.25) is 5.88 Å². The second-order valence-corrected chi connectivity index (χ2v) is 14.0. The first-order chi connectivity index (χ1) is 26.7. The Morgan fingerprint density at radius 3 is 2.26 bits per heavy atom. The van der Waals surface area contributed by atoms with Crippen LogP contribution in [0.2, 0.25) is 0 Å². The number of anilines is 1. The molecular formula is C48H34N4O2. The van der Waals surface area contributed by atoms with Crippen LogP contribution in [0, 0.1) is 0 Å². The van der Waals surface area contributed by atoms with Crippen LogP contribution in [0.4, 0.5) is 5.88 Å². The third kappa shape index (κ3) is 5.03. The first kappa shape index (κ1) is 30.7. The summed E-state index contributed by atoms with van der Waals surface area (Å²) in [5.41, 5.74) is 11.2. The van der Waals surface area contributed by atoms with Gasteiger partial charge in [-0.25, -0.2) is 4.99 Å². The predicted molar refractivity (Wildman–Crippen MR) is 221 cm³/mol. The Balaban J connectivity index is 1.09. The average Bonchev–Trinajstić information content (AvgIpc) is 3.83. The minimum atomic E-state index is -0.332. The van der Waals surface area contributed by atoms with E-state index in [-0.39, 0.29) is 12.3 Å². The highest BCUT2D eigenvalue weighted by molar-refractivity contribution is 6.16. The SMILES string of the molecule is C1=Cc2c(oc3c(-c4ccc(-c5ccccc5)cc4)ccc(C4=NC(c5ccc6ccccc6c5)NC(c5cccc6oc7ccccc7c56)N4)c23)NC1. The summed E-state index contributed by atoms with van der Waals surface area (Å²) >= 11 is 0. The zero-order chi connectivity index (χ0) is 35.6. The molecule has 2 aliphatic heterocycles. The lowest BCUT2D eigenvalue weighted by molar-refractivity contribution is 0.411. The van der Waals surface area contributed by atoms with Gasteiger partial charge in [-0.05, 0) is 63.4 Å². The lowest BCUT2D eigenvalue weighted by Gasteiger charge is -2.33. The number of furan rings is 2. The highest BCUT2D eigenvalue weighted by atomic mass is 16.4. The van der Waals surface area contributed by atoms with Crippen molar-refractivity contribution >= 4 is 61.5 Å². The molecule has 4 heterocycles. The van der Waals surface area contributed by atoms with Crippen molar-refractivity contribution in [3.8, 4) is 22.3 Å². The lowest BCUT2D eigenvalue weighted by atomic mass is 9.94. The summed E-state index contributed by atoms with van der Waals surface area (Å²) in [6.45, 7) is 0.709. The molecule has 2 atom stereocenters. The number of amidine groups is 1. The Hall–Kier alpha value is -6.89. The standard InChI is InChI=1S/C48H34N4O2/c1-2-10-29(11-3-1)31-19-22-32(23-20-31)35-25-26-38(43-39-16-9-27-49-48(39)54-44(35)43)47-51-45(34-24-21-30-12-4-5-13-33(30)28-34)50-46(52-47)37-15-8-18-41-42(37)36-14-6-7-17-40(36)53-41/h1-26,28,45-46,49-50H,27H2,(H,51,52). The van der Waals surface area contributed by atoms with Crippen molar-refractivity contribution in [2.24, 2.45) is 4.99 Å². The molecule has 3 N–H and O–H groups in total. The largest absolute Gasteiger partial charge is 0.456 e. The van der Waals surface area contributed by atoms with Crippen LogP contribution in [-0.2, 0) is 0 Å². The van der Waals surface area contributed by atoms with Crippen LogP contribution in [0.5, 0.6) is 0 Å². The van der Waals surface area contributed by atoms with Crippen molar-refractivity contribution in [3.63, 3.8) is 0 Å². The minimum absolute atomic E-state index is 0.282. The topological polar surface area (TPSA) is 74.7 Å². The summed E-state index contributed by atoms with van der Waals surface area (Å²) in [6.07, 6.45) is 3.70. The number of aliphatic imine (C=N–C) groups is 1. The van der Waals surface area contributed by atoms with E-state index >= 15 is 0 Å². The van der Waals surface area contributed by atoms with Crippen LogP contribution >= 0.6 is 0 Å². The molecule has 0 fully saturated rings. The number of para-hydroxylation sites is 1. The summed E-state index contributed by atoms with van der Waals surface area (Å²) < 4.78 is 13.1. The molecule has 0 amide bonds. The second-order valence-electron chi connectivity index (χ2n) is 14.0. The number of nitrogens with one attached hydrogen (secondary N) is 3. The molecule has 0 radical (unpaired) electrons. The van der Waals surface area contributed by atoms with Gasteiger partial charge < -0.3 is 19.5 Å². The molecule has 0 saturated heterocycles. The maximum Gasteiger partial charge on any atom is 0.201 e. The Morgan fingerprint density at radius 1 is 0.593 bits per heavy atom. The number of rotatable bonds is 5. The van der Waals surface area contributed by atoms with Gasteiger partial charge in [0.25, 0.3) is 0 Å². The zero-order valence-corrected chi connectivity index (χ0v) is 29.2. The molecule has 6 heteroatoms. The van der Waals surface area contributed by atoms with E-state index in [4.69, 9.17) is 13.8 Å². The van der Waals surface area contributed by atoms with Gasteiger partial charge in [-0.15, -0.1) is 0 Å². The van der Waals surface area contributed by atoms with E-state index in [0.717, 1.165) is 78.0 Å². The van der Waals surface area contributed by atoms with E-state index in [2.05, 4.69) is 155 Å². The van der Waals surface area contributed by atoms with Crippen molar-refractivity contribution < 1.29 is 8.83 Å². The van der Waals surface area contributed by atoms with Crippen LogP contribution < -0.4 is 16.0 Å². The first-order valence-corrected chi connectivity index (χ1v) is 18.4. The van der Waals surface area contributed by atoms with Crippen LogP contribution in [-0.4, -0.2) is 12.4 Å². The molecule has 0 saturated carbocycles. The van der Waals surface area contributed by atoms with Gasteiger partial charge in [-0.2, -0.15) is 0 Å². The van der Waals surface area contributed by atoms with Gasteiger partial charge in [-0.1, -0.05) is 133 Å². The van der Waals surface area contributed by atoms with Gasteiger partial charge in [0.15, 0.2) is 0 Å². The van der Waals surface area contributed by atoms with Crippen molar-refractivity contribution in [1.29, 1.82) is 0 Å². The van der Waals surface area contributed by atoms with E-state index in [9.17, 15) is 0 Å². The minimum Gasteiger partial charge on any atom is -0.456 e. The van der Waals surface area contributed by atoms with Gasteiger partial charge in [0.1, 0.15) is 34.9 Å². The van der Waals surface area contributed by atoms with E-state index in [1.165, 1.54) is 21.9 Å². The Kier molecular flexibility index (Phi) is 7.03. The molecule has 6 nitrogen and oxygen atoms in total. The third-order valence-corrected chi connectivity index (χ3v) is 10.8. The summed E-state index contributed by atoms with van der Waals surface area (Å²) in [6, 6.07) is 53.2. The summed E-state index contributed by atoms with van der Waals surface area (Å²) in [5, 5.41) is 16.8. The molecule has 2 aliphatic rings.